The number of rotatable bonds is 3. The Morgan fingerprint density at radius 1 is 1.12 bits per heavy atom. The van der Waals surface area contributed by atoms with Crippen molar-refractivity contribution in [1.29, 1.82) is 0 Å². The number of hydrogen-bond acceptors (Lipinski definition) is 2. The molecule has 0 saturated carbocycles. The average Bonchev–Trinajstić information content (AvgIpc) is 2.15. The van der Waals surface area contributed by atoms with Gasteiger partial charge in [-0.05, 0) is 30.5 Å². The van der Waals surface area contributed by atoms with Crippen LogP contribution in [0.1, 0.15) is 25.3 Å². The Hall–Kier alpha value is -1.23. The van der Waals surface area contributed by atoms with Crippen molar-refractivity contribution in [2.24, 2.45) is 5.73 Å². The molecule has 0 fully saturated rings. The van der Waals surface area contributed by atoms with Gasteiger partial charge in [0.2, 0.25) is 0 Å². The molecular weight excluding hydrogens is 219 g/mol. The second-order valence-electron chi connectivity index (χ2n) is 3.76. The van der Waals surface area contributed by atoms with Crippen molar-refractivity contribution in [1.82, 2.24) is 0 Å². The highest BCUT2D eigenvalue weighted by molar-refractivity contribution is 5.29. The minimum atomic E-state index is -4.64. The largest absolute Gasteiger partial charge is 0.573 e. The van der Waals surface area contributed by atoms with Crippen molar-refractivity contribution in [3.63, 3.8) is 0 Å². The van der Waals surface area contributed by atoms with E-state index in [-0.39, 0.29) is 17.7 Å². The van der Waals surface area contributed by atoms with Gasteiger partial charge >= 0.3 is 6.36 Å². The fourth-order valence-corrected chi connectivity index (χ4v) is 1.28. The Bertz CT molecular complexity index is 332. The molecule has 1 aromatic rings. The Labute approximate surface area is 92.2 Å². The lowest BCUT2D eigenvalue weighted by atomic mass is 9.95. The van der Waals surface area contributed by atoms with Crippen molar-refractivity contribution in [3.8, 4) is 5.75 Å². The lowest BCUT2D eigenvalue weighted by Gasteiger charge is -2.16. The summed E-state index contributed by atoms with van der Waals surface area (Å²) >= 11 is 0. The SMILES string of the molecule is CC(N)C(C)c1ccc(OC(F)(F)F)cc1. The van der Waals surface area contributed by atoms with E-state index in [4.69, 9.17) is 5.73 Å². The third kappa shape index (κ3) is 3.73. The summed E-state index contributed by atoms with van der Waals surface area (Å²) in [5.74, 6) is -0.118. The van der Waals surface area contributed by atoms with E-state index >= 15 is 0 Å². The molecule has 16 heavy (non-hydrogen) atoms. The van der Waals surface area contributed by atoms with E-state index in [1.807, 2.05) is 13.8 Å². The zero-order chi connectivity index (χ0) is 12.3. The van der Waals surface area contributed by atoms with Crippen LogP contribution in [0.25, 0.3) is 0 Å². The first-order valence-electron chi connectivity index (χ1n) is 4.91. The lowest BCUT2D eigenvalue weighted by Crippen LogP contribution is -2.22. The lowest BCUT2D eigenvalue weighted by molar-refractivity contribution is -0.274. The van der Waals surface area contributed by atoms with E-state index in [0.717, 1.165) is 5.56 Å². The molecular formula is C11H14F3NO. The molecule has 5 heteroatoms. The highest BCUT2D eigenvalue weighted by Gasteiger charge is 2.31. The minimum absolute atomic E-state index is 0.0469. The number of alkyl halides is 3. The molecule has 2 nitrogen and oxygen atoms in total. The van der Waals surface area contributed by atoms with Gasteiger partial charge in [0.15, 0.2) is 0 Å². The van der Waals surface area contributed by atoms with E-state index in [2.05, 4.69) is 4.74 Å². The van der Waals surface area contributed by atoms with Gasteiger partial charge in [0.25, 0.3) is 0 Å². The van der Waals surface area contributed by atoms with Crippen LogP contribution in [0.3, 0.4) is 0 Å². The van der Waals surface area contributed by atoms with Gasteiger partial charge in [-0.2, -0.15) is 0 Å². The molecule has 2 atom stereocenters. The van der Waals surface area contributed by atoms with Gasteiger partial charge in [-0.1, -0.05) is 19.1 Å². The van der Waals surface area contributed by atoms with E-state index in [0.29, 0.717) is 0 Å². The number of ether oxygens (including phenoxy) is 1. The van der Waals surface area contributed by atoms with Gasteiger partial charge in [-0.25, -0.2) is 0 Å². The van der Waals surface area contributed by atoms with Crippen LogP contribution in [0, 0.1) is 0 Å². The van der Waals surface area contributed by atoms with Crippen LogP contribution in [0.2, 0.25) is 0 Å². The molecule has 2 N–H and O–H groups in total. The second kappa shape index (κ2) is 4.74. The fourth-order valence-electron chi connectivity index (χ4n) is 1.28. The van der Waals surface area contributed by atoms with Gasteiger partial charge in [0, 0.05) is 6.04 Å². The molecule has 0 aliphatic heterocycles. The number of hydrogen-bond donors (Lipinski definition) is 1. The summed E-state index contributed by atoms with van der Waals surface area (Å²) in [6.45, 7) is 3.77. The van der Waals surface area contributed by atoms with Crippen LogP contribution in [0.5, 0.6) is 5.75 Å². The molecule has 1 aromatic carbocycles. The summed E-state index contributed by atoms with van der Waals surface area (Å²) in [7, 11) is 0. The van der Waals surface area contributed by atoms with Gasteiger partial charge in [0.1, 0.15) is 5.75 Å². The zero-order valence-corrected chi connectivity index (χ0v) is 9.08. The molecule has 0 aliphatic carbocycles. The van der Waals surface area contributed by atoms with Crippen LogP contribution < -0.4 is 10.5 Å². The van der Waals surface area contributed by atoms with Gasteiger partial charge < -0.3 is 10.5 Å². The standard InChI is InChI=1S/C11H14F3NO/c1-7(8(2)15)9-3-5-10(6-4-9)16-11(12,13)14/h3-8H,15H2,1-2H3. The molecule has 0 aromatic heterocycles. The molecule has 1 rings (SSSR count). The Morgan fingerprint density at radius 2 is 1.62 bits per heavy atom. The quantitative estimate of drug-likeness (QED) is 0.870. The van der Waals surface area contributed by atoms with E-state index in [9.17, 15) is 13.2 Å². The monoisotopic (exact) mass is 233 g/mol. The predicted molar refractivity (Wildman–Crippen MR) is 55.2 cm³/mol. The average molecular weight is 233 g/mol. The topological polar surface area (TPSA) is 35.2 Å². The van der Waals surface area contributed by atoms with E-state index in [1.165, 1.54) is 12.1 Å². The minimum Gasteiger partial charge on any atom is -0.406 e. The van der Waals surface area contributed by atoms with Crippen LogP contribution in [0.4, 0.5) is 13.2 Å². The van der Waals surface area contributed by atoms with Crippen molar-refractivity contribution in [2.45, 2.75) is 32.2 Å². The summed E-state index contributed by atoms with van der Waals surface area (Å²) in [4.78, 5) is 0. The molecule has 90 valence electrons. The number of benzene rings is 1. The highest BCUT2D eigenvalue weighted by atomic mass is 19.4. The summed E-state index contributed by atoms with van der Waals surface area (Å²) in [6, 6.07) is 5.72. The van der Waals surface area contributed by atoms with Crippen LogP contribution >= 0.6 is 0 Å². The van der Waals surface area contributed by atoms with Gasteiger partial charge in [-0.15, -0.1) is 13.2 Å². The van der Waals surface area contributed by atoms with Crippen molar-refractivity contribution >= 4 is 0 Å². The van der Waals surface area contributed by atoms with Crippen LogP contribution in [0.15, 0.2) is 24.3 Å². The van der Waals surface area contributed by atoms with Crippen LogP contribution in [-0.2, 0) is 0 Å². The molecule has 0 bridgehead atoms. The first-order chi connectivity index (χ1) is 7.29. The highest BCUT2D eigenvalue weighted by Crippen LogP contribution is 2.25. The van der Waals surface area contributed by atoms with Crippen molar-refractivity contribution in [2.75, 3.05) is 0 Å². The molecule has 0 saturated heterocycles. The molecule has 0 radical (unpaired) electrons. The maximum atomic E-state index is 11.9. The molecule has 0 aliphatic rings. The zero-order valence-electron chi connectivity index (χ0n) is 9.08. The van der Waals surface area contributed by atoms with Gasteiger partial charge in [-0.3, -0.25) is 0 Å². The fraction of sp³-hybridized carbons (Fsp3) is 0.455. The first-order valence-corrected chi connectivity index (χ1v) is 4.91. The first kappa shape index (κ1) is 12.8. The summed E-state index contributed by atoms with van der Waals surface area (Å²) in [6.07, 6.45) is -4.64. The van der Waals surface area contributed by atoms with Gasteiger partial charge in [0.05, 0.1) is 0 Å². The normalized spacial score (nSPS) is 15.6. The maximum absolute atomic E-state index is 11.9. The molecule has 0 spiro atoms. The second-order valence-corrected chi connectivity index (χ2v) is 3.76. The molecule has 0 heterocycles. The number of halogens is 3. The Kier molecular flexibility index (Phi) is 3.80. The van der Waals surface area contributed by atoms with E-state index < -0.39 is 6.36 Å². The Balaban J connectivity index is 2.76. The smallest absolute Gasteiger partial charge is 0.406 e. The molecule has 0 amide bonds. The predicted octanol–water partition coefficient (Wildman–Crippen LogP) is 3.04. The summed E-state index contributed by atoms with van der Waals surface area (Å²) in [5.41, 5.74) is 6.59. The summed E-state index contributed by atoms with van der Waals surface area (Å²) in [5, 5.41) is 0. The van der Waals surface area contributed by atoms with Crippen molar-refractivity contribution < 1.29 is 17.9 Å². The van der Waals surface area contributed by atoms with Crippen molar-refractivity contribution in [3.05, 3.63) is 29.8 Å². The van der Waals surface area contributed by atoms with E-state index in [1.54, 1.807) is 12.1 Å². The van der Waals surface area contributed by atoms with Crippen LogP contribution in [-0.4, -0.2) is 12.4 Å². The summed E-state index contributed by atoms with van der Waals surface area (Å²) < 4.78 is 39.4. The number of nitrogens with two attached hydrogens (primary N) is 1. The third-order valence-electron chi connectivity index (χ3n) is 2.43. The Morgan fingerprint density at radius 3 is 2.00 bits per heavy atom. The third-order valence-corrected chi connectivity index (χ3v) is 2.43. The maximum Gasteiger partial charge on any atom is 0.573 e. The molecule has 2 unspecified atom stereocenters.